The number of aryl methyl sites for hydroxylation is 1. The Morgan fingerprint density at radius 3 is 2.46 bits per heavy atom. The van der Waals surface area contributed by atoms with Gasteiger partial charge in [-0.2, -0.15) is 9.78 Å². The number of nitrogens with one attached hydrogen (secondary N) is 1. The van der Waals surface area contributed by atoms with Crippen LogP contribution in [0, 0.1) is 12.3 Å². The number of benzene rings is 1. The number of nitrogens with zero attached hydrogens (tertiary/aromatic N) is 2. The number of hydrogen-bond acceptors (Lipinski definition) is 5. The number of anilines is 1. The van der Waals surface area contributed by atoms with E-state index in [0.717, 1.165) is 10.2 Å². The summed E-state index contributed by atoms with van der Waals surface area (Å²) in [4.78, 5) is 37.2. The van der Waals surface area contributed by atoms with E-state index in [0.29, 0.717) is 5.69 Å². The molecule has 1 heterocycles. The molecule has 0 saturated heterocycles. The van der Waals surface area contributed by atoms with E-state index in [-0.39, 0.29) is 23.9 Å². The summed E-state index contributed by atoms with van der Waals surface area (Å²) in [5.74, 6) is -1.04. The standard InChI is InChI=1S/C19H23N3O4/c1-6-26-17(24)16-13(20-18(25)19(3,4)5)11-15(23)22(21-16)14-10-8-7-9-12(14)2/h7-11H,6H2,1-5H3,(H,20,25). The monoisotopic (exact) mass is 357 g/mol. The van der Waals surface area contributed by atoms with Crippen molar-refractivity contribution in [3.63, 3.8) is 0 Å². The van der Waals surface area contributed by atoms with Gasteiger partial charge in [0.1, 0.15) is 0 Å². The van der Waals surface area contributed by atoms with Gasteiger partial charge in [-0.1, -0.05) is 39.0 Å². The average Bonchev–Trinajstić information content (AvgIpc) is 2.55. The van der Waals surface area contributed by atoms with Crippen LogP contribution in [0.4, 0.5) is 5.69 Å². The molecule has 0 saturated carbocycles. The molecule has 0 spiro atoms. The van der Waals surface area contributed by atoms with Crippen molar-refractivity contribution in [1.29, 1.82) is 0 Å². The zero-order valence-electron chi connectivity index (χ0n) is 15.6. The normalized spacial score (nSPS) is 11.1. The van der Waals surface area contributed by atoms with Crippen LogP contribution in [0.15, 0.2) is 35.1 Å². The maximum absolute atomic E-state index is 12.6. The largest absolute Gasteiger partial charge is 0.461 e. The molecule has 0 bridgehead atoms. The average molecular weight is 357 g/mol. The third-order valence-electron chi connectivity index (χ3n) is 3.67. The van der Waals surface area contributed by atoms with Gasteiger partial charge in [-0.05, 0) is 25.5 Å². The minimum atomic E-state index is -0.709. The van der Waals surface area contributed by atoms with E-state index in [4.69, 9.17) is 4.74 Å². The first kappa shape index (κ1) is 19.4. The quantitative estimate of drug-likeness (QED) is 0.850. The highest BCUT2D eigenvalue weighted by atomic mass is 16.5. The highest BCUT2D eigenvalue weighted by molar-refractivity contribution is 6.01. The van der Waals surface area contributed by atoms with Gasteiger partial charge in [-0.25, -0.2) is 4.79 Å². The number of rotatable bonds is 4. The Morgan fingerprint density at radius 1 is 1.23 bits per heavy atom. The smallest absolute Gasteiger partial charge is 0.360 e. The van der Waals surface area contributed by atoms with Crippen LogP contribution in [0.3, 0.4) is 0 Å². The third kappa shape index (κ3) is 4.17. The minimum Gasteiger partial charge on any atom is -0.461 e. The number of ether oxygens (including phenoxy) is 1. The van der Waals surface area contributed by atoms with Gasteiger partial charge in [0.05, 0.1) is 18.0 Å². The van der Waals surface area contributed by atoms with Crippen LogP contribution in [0.5, 0.6) is 0 Å². The number of carbonyl (C=O) groups excluding carboxylic acids is 2. The highest BCUT2D eigenvalue weighted by Crippen LogP contribution is 2.20. The van der Waals surface area contributed by atoms with E-state index in [1.807, 2.05) is 19.1 Å². The predicted octanol–water partition coefficient (Wildman–Crippen LogP) is 2.70. The van der Waals surface area contributed by atoms with Gasteiger partial charge in [-0.3, -0.25) is 9.59 Å². The molecular formula is C19H23N3O4. The molecule has 0 aliphatic heterocycles. The second-order valence-corrected chi connectivity index (χ2v) is 6.87. The summed E-state index contributed by atoms with van der Waals surface area (Å²) >= 11 is 0. The second kappa shape index (κ2) is 7.51. The van der Waals surface area contributed by atoms with Crippen LogP contribution in [0.1, 0.15) is 43.7 Å². The first-order chi connectivity index (χ1) is 12.1. The molecule has 138 valence electrons. The van der Waals surface area contributed by atoms with Crippen molar-refractivity contribution in [3.8, 4) is 5.69 Å². The molecule has 0 aliphatic carbocycles. The van der Waals surface area contributed by atoms with E-state index in [1.54, 1.807) is 39.8 Å². The number of para-hydroxylation sites is 1. The van der Waals surface area contributed by atoms with E-state index < -0.39 is 16.9 Å². The molecule has 0 atom stereocenters. The third-order valence-corrected chi connectivity index (χ3v) is 3.67. The lowest BCUT2D eigenvalue weighted by molar-refractivity contribution is -0.123. The van der Waals surface area contributed by atoms with Gasteiger partial charge in [0, 0.05) is 11.5 Å². The number of esters is 1. The molecule has 1 aromatic carbocycles. The van der Waals surface area contributed by atoms with Crippen molar-refractivity contribution in [1.82, 2.24) is 9.78 Å². The fourth-order valence-electron chi connectivity index (χ4n) is 2.19. The van der Waals surface area contributed by atoms with Gasteiger partial charge in [-0.15, -0.1) is 0 Å². The molecule has 1 aromatic heterocycles. The van der Waals surface area contributed by atoms with E-state index in [2.05, 4.69) is 10.4 Å². The molecule has 26 heavy (non-hydrogen) atoms. The number of carbonyl (C=O) groups is 2. The summed E-state index contributed by atoms with van der Waals surface area (Å²) < 4.78 is 6.16. The summed E-state index contributed by atoms with van der Waals surface area (Å²) in [6.45, 7) is 8.85. The summed E-state index contributed by atoms with van der Waals surface area (Å²) in [6.07, 6.45) is 0. The Balaban J connectivity index is 2.61. The fourth-order valence-corrected chi connectivity index (χ4v) is 2.19. The predicted molar refractivity (Wildman–Crippen MR) is 98.6 cm³/mol. The Labute approximate surface area is 152 Å². The zero-order chi connectivity index (χ0) is 19.5. The second-order valence-electron chi connectivity index (χ2n) is 6.87. The first-order valence-corrected chi connectivity index (χ1v) is 8.34. The molecule has 0 fully saturated rings. The summed E-state index contributed by atoms with van der Waals surface area (Å²) in [5, 5.41) is 6.78. The van der Waals surface area contributed by atoms with Crippen molar-refractivity contribution in [2.24, 2.45) is 5.41 Å². The van der Waals surface area contributed by atoms with E-state index in [1.165, 1.54) is 6.07 Å². The molecule has 7 nitrogen and oxygen atoms in total. The topological polar surface area (TPSA) is 90.3 Å². The molecule has 1 amide bonds. The van der Waals surface area contributed by atoms with Crippen LogP contribution in [-0.2, 0) is 9.53 Å². The van der Waals surface area contributed by atoms with Crippen molar-refractivity contribution in [3.05, 3.63) is 51.9 Å². The maximum Gasteiger partial charge on any atom is 0.360 e. The van der Waals surface area contributed by atoms with Crippen LogP contribution in [0.25, 0.3) is 5.69 Å². The van der Waals surface area contributed by atoms with Crippen molar-refractivity contribution < 1.29 is 14.3 Å². The molecular weight excluding hydrogens is 334 g/mol. The Bertz CT molecular complexity index is 894. The molecule has 1 N–H and O–H groups in total. The van der Waals surface area contributed by atoms with Crippen LogP contribution < -0.4 is 10.9 Å². The van der Waals surface area contributed by atoms with Gasteiger partial charge in [0.2, 0.25) is 5.91 Å². The Kier molecular flexibility index (Phi) is 5.59. The molecule has 0 unspecified atom stereocenters. The lowest BCUT2D eigenvalue weighted by Crippen LogP contribution is -2.31. The molecule has 0 aliphatic rings. The molecule has 2 rings (SSSR count). The maximum atomic E-state index is 12.6. The van der Waals surface area contributed by atoms with Gasteiger partial charge < -0.3 is 10.1 Å². The van der Waals surface area contributed by atoms with E-state index >= 15 is 0 Å². The molecule has 2 aromatic rings. The highest BCUT2D eigenvalue weighted by Gasteiger charge is 2.25. The van der Waals surface area contributed by atoms with Crippen molar-refractivity contribution >= 4 is 17.6 Å². The van der Waals surface area contributed by atoms with Gasteiger partial charge >= 0.3 is 5.97 Å². The number of aromatic nitrogens is 2. The lowest BCUT2D eigenvalue weighted by atomic mass is 9.95. The minimum absolute atomic E-state index is 0.0400. The number of hydrogen-bond donors (Lipinski definition) is 1. The van der Waals surface area contributed by atoms with Crippen LogP contribution in [0.2, 0.25) is 0 Å². The Hall–Kier alpha value is -2.96. The Morgan fingerprint density at radius 2 is 1.88 bits per heavy atom. The first-order valence-electron chi connectivity index (χ1n) is 8.34. The van der Waals surface area contributed by atoms with Gasteiger partial charge in [0.25, 0.3) is 5.56 Å². The van der Waals surface area contributed by atoms with Crippen molar-refractivity contribution in [2.75, 3.05) is 11.9 Å². The number of amides is 1. The summed E-state index contributed by atoms with van der Waals surface area (Å²) in [7, 11) is 0. The van der Waals surface area contributed by atoms with Gasteiger partial charge in [0.15, 0.2) is 5.69 Å². The lowest BCUT2D eigenvalue weighted by Gasteiger charge is -2.19. The molecule has 0 radical (unpaired) electrons. The summed E-state index contributed by atoms with van der Waals surface area (Å²) in [6, 6.07) is 8.37. The van der Waals surface area contributed by atoms with Crippen molar-refractivity contribution in [2.45, 2.75) is 34.6 Å². The zero-order valence-corrected chi connectivity index (χ0v) is 15.6. The van der Waals surface area contributed by atoms with Crippen LogP contribution in [-0.4, -0.2) is 28.3 Å². The fraction of sp³-hybridized carbons (Fsp3) is 0.368. The van der Waals surface area contributed by atoms with Crippen LogP contribution >= 0.6 is 0 Å². The summed E-state index contributed by atoms with van der Waals surface area (Å²) in [5.41, 5.74) is 0.138. The van der Waals surface area contributed by atoms with E-state index in [9.17, 15) is 14.4 Å². The SMILES string of the molecule is CCOC(=O)c1nn(-c2ccccc2C)c(=O)cc1NC(=O)C(C)(C)C. The molecule has 7 heteroatoms.